The number of rotatable bonds is 4. The number of nitrogens with zero attached hydrogens (tertiary/aromatic N) is 2. The van der Waals surface area contributed by atoms with Gasteiger partial charge >= 0.3 is 11.4 Å². The molecule has 0 spiro atoms. The summed E-state index contributed by atoms with van der Waals surface area (Å²) in [4.78, 5) is 26.5. The quantitative estimate of drug-likeness (QED) is 0.400. The van der Waals surface area contributed by atoms with Gasteiger partial charge in [-0.05, 0) is 11.8 Å². The van der Waals surface area contributed by atoms with Gasteiger partial charge in [0.15, 0.2) is 16.4 Å². The molecule has 16 heavy (non-hydrogen) atoms. The Labute approximate surface area is 92.0 Å². The second-order valence-electron chi connectivity index (χ2n) is 2.73. The van der Waals surface area contributed by atoms with Gasteiger partial charge in [0.1, 0.15) is 0 Å². The van der Waals surface area contributed by atoms with Crippen LogP contribution in [0.5, 0.6) is 0 Å². The van der Waals surface area contributed by atoms with E-state index in [1.165, 1.54) is 7.11 Å². The number of ether oxygens (including phenoxy) is 1. The number of hydrogen-bond donors (Lipinski definition) is 4. The second kappa shape index (κ2) is 4.37. The van der Waals surface area contributed by atoms with Crippen LogP contribution < -0.4 is 11.4 Å². The summed E-state index contributed by atoms with van der Waals surface area (Å²) in [5.41, 5.74) is -1.39. The van der Waals surface area contributed by atoms with Crippen molar-refractivity contribution in [2.75, 3.05) is 7.11 Å². The number of nitrogens with one attached hydrogen (secondary N) is 4. The molecule has 0 saturated carbocycles. The molecule has 0 aliphatic rings. The monoisotopic (exact) mass is 244 g/mol. The molecule has 2 aromatic heterocycles. The van der Waals surface area contributed by atoms with Crippen LogP contribution in [-0.2, 0) is 4.74 Å². The smallest absolute Gasteiger partial charge is 0.341 e. The van der Waals surface area contributed by atoms with E-state index in [0.717, 1.165) is 11.8 Å². The summed E-state index contributed by atoms with van der Waals surface area (Å²) < 4.78 is 5.10. The molecule has 0 amide bonds. The molecule has 9 nitrogen and oxygen atoms in total. The topological polar surface area (TPSA) is 132 Å². The number of methoxy groups -OCH3 is 1. The molecule has 1 unspecified atom stereocenters. The minimum absolute atomic E-state index is 0.321. The Balaban J connectivity index is 2.18. The highest BCUT2D eigenvalue weighted by molar-refractivity contribution is 7.99. The zero-order valence-electron chi connectivity index (χ0n) is 8.10. The Bertz CT molecular complexity index is 567. The van der Waals surface area contributed by atoms with E-state index in [-0.39, 0.29) is 0 Å². The Morgan fingerprint density at radius 2 is 1.88 bits per heavy atom. The van der Waals surface area contributed by atoms with Crippen molar-refractivity contribution >= 4 is 11.8 Å². The third-order valence-corrected chi connectivity index (χ3v) is 2.70. The Morgan fingerprint density at radius 1 is 1.19 bits per heavy atom. The first-order valence-electron chi connectivity index (χ1n) is 4.18. The highest BCUT2D eigenvalue weighted by atomic mass is 32.2. The fourth-order valence-electron chi connectivity index (χ4n) is 1.02. The van der Waals surface area contributed by atoms with E-state index in [4.69, 9.17) is 4.74 Å². The zero-order chi connectivity index (χ0) is 11.5. The highest BCUT2D eigenvalue weighted by Crippen LogP contribution is 2.30. The summed E-state index contributed by atoms with van der Waals surface area (Å²) >= 11 is 1.10. The molecule has 0 saturated heterocycles. The molecule has 0 fully saturated rings. The van der Waals surface area contributed by atoms with Gasteiger partial charge in [0, 0.05) is 7.11 Å². The zero-order valence-corrected chi connectivity index (χ0v) is 8.92. The number of aromatic amines is 4. The number of H-pyrrole nitrogens is 4. The van der Waals surface area contributed by atoms with Crippen LogP contribution in [0.3, 0.4) is 0 Å². The van der Waals surface area contributed by atoms with Crippen LogP contribution in [0, 0.1) is 0 Å². The van der Waals surface area contributed by atoms with Crippen molar-refractivity contribution in [3.8, 4) is 0 Å². The number of hydrogen-bond acceptors (Lipinski definition) is 6. The van der Waals surface area contributed by atoms with Crippen molar-refractivity contribution in [2.45, 2.75) is 10.6 Å². The van der Waals surface area contributed by atoms with E-state index in [2.05, 4.69) is 30.4 Å². The van der Waals surface area contributed by atoms with Crippen LogP contribution >= 0.6 is 11.8 Å². The van der Waals surface area contributed by atoms with Gasteiger partial charge in [0.05, 0.1) is 0 Å². The molecule has 4 N–H and O–H groups in total. The van der Waals surface area contributed by atoms with Gasteiger partial charge in [-0.25, -0.2) is 19.8 Å². The molecule has 2 aromatic rings. The molecule has 0 aromatic carbocycles. The Kier molecular flexibility index (Phi) is 2.92. The van der Waals surface area contributed by atoms with Gasteiger partial charge in [0.2, 0.25) is 0 Å². The molecule has 0 bridgehead atoms. The van der Waals surface area contributed by atoms with Crippen molar-refractivity contribution in [3.63, 3.8) is 0 Å². The van der Waals surface area contributed by atoms with Crippen LogP contribution in [0.1, 0.15) is 11.3 Å². The summed E-state index contributed by atoms with van der Waals surface area (Å²) in [6, 6.07) is 0. The van der Waals surface area contributed by atoms with E-state index < -0.39 is 16.8 Å². The van der Waals surface area contributed by atoms with Crippen LogP contribution in [-0.4, -0.2) is 37.5 Å². The Hall–Kier alpha value is -1.81. The molecule has 10 heteroatoms. The van der Waals surface area contributed by atoms with Crippen molar-refractivity contribution < 1.29 is 4.74 Å². The largest absolute Gasteiger partial charge is 0.362 e. The number of aromatic nitrogens is 6. The van der Waals surface area contributed by atoms with E-state index >= 15 is 0 Å². The standard InChI is InChI=1S/C6H8N6O3S/c1-15-3(2-7-4(13)10-9-2)16-6-8-5(14)11-12-6/h3H,1H3,(H2,7,9,10,13)(H2,8,11,12,14). The SMILES string of the molecule is COC(Sc1n[nH]c(=O)[nH]1)c1n[nH]c(=O)[nH]1. The predicted octanol–water partition coefficient (Wildman–Crippen LogP) is -1.05. The third-order valence-electron chi connectivity index (χ3n) is 1.65. The number of thioether (sulfide) groups is 1. The molecule has 1 atom stereocenters. The van der Waals surface area contributed by atoms with Crippen LogP contribution in [0.15, 0.2) is 14.7 Å². The third kappa shape index (κ3) is 2.23. The molecule has 2 heterocycles. The van der Waals surface area contributed by atoms with Gasteiger partial charge in [-0.1, -0.05) is 0 Å². The van der Waals surface area contributed by atoms with Gasteiger partial charge in [-0.2, -0.15) is 5.10 Å². The van der Waals surface area contributed by atoms with Crippen molar-refractivity contribution in [2.24, 2.45) is 0 Å². The average Bonchev–Trinajstić information content (AvgIpc) is 2.84. The first-order chi connectivity index (χ1) is 7.69. The summed E-state index contributed by atoms with van der Waals surface area (Å²) in [5.74, 6) is 0.321. The van der Waals surface area contributed by atoms with Crippen LogP contribution in [0.4, 0.5) is 0 Å². The maximum Gasteiger partial charge on any atom is 0.341 e. The van der Waals surface area contributed by atoms with E-state index in [1.54, 1.807) is 0 Å². The van der Waals surface area contributed by atoms with Gasteiger partial charge in [-0.3, -0.25) is 9.97 Å². The summed E-state index contributed by atoms with van der Waals surface area (Å²) in [5, 5.41) is 12.2. The van der Waals surface area contributed by atoms with Gasteiger partial charge in [0.25, 0.3) is 0 Å². The molecular formula is C6H8N6O3S. The summed E-state index contributed by atoms with van der Waals surface area (Å²) in [6.45, 7) is 0. The fraction of sp³-hybridized carbons (Fsp3) is 0.333. The lowest BCUT2D eigenvalue weighted by Gasteiger charge is -2.08. The summed E-state index contributed by atoms with van der Waals surface area (Å²) in [6.07, 6.45) is 0. The van der Waals surface area contributed by atoms with E-state index in [0.29, 0.717) is 11.0 Å². The first-order valence-corrected chi connectivity index (χ1v) is 5.05. The van der Waals surface area contributed by atoms with E-state index in [9.17, 15) is 9.59 Å². The molecule has 0 aliphatic heterocycles. The molecule has 0 aliphatic carbocycles. The fourth-order valence-corrected chi connectivity index (χ4v) is 1.79. The molecular weight excluding hydrogens is 236 g/mol. The summed E-state index contributed by atoms with van der Waals surface area (Å²) in [7, 11) is 1.45. The maximum absolute atomic E-state index is 10.8. The minimum atomic E-state index is -0.558. The van der Waals surface area contributed by atoms with Crippen molar-refractivity contribution in [1.82, 2.24) is 30.4 Å². The normalized spacial score (nSPS) is 12.8. The lowest BCUT2D eigenvalue weighted by molar-refractivity contribution is 0.168. The van der Waals surface area contributed by atoms with E-state index in [1.807, 2.05) is 0 Å². The molecule has 86 valence electrons. The predicted molar refractivity (Wildman–Crippen MR) is 54.0 cm³/mol. The Morgan fingerprint density at radius 3 is 2.38 bits per heavy atom. The van der Waals surface area contributed by atoms with Gasteiger partial charge < -0.3 is 4.74 Å². The highest BCUT2D eigenvalue weighted by Gasteiger charge is 2.17. The van der Waals surface area contributed by atoms with Crippen molar-refractivity contribution in [1.29, 1.82) is 0 Å². The van der Waals surface area contributed by atoms with Crippen LogP contribution in [0.25, 0.3) is 0 Å². The second-order valence-corrected chi connectivity index (χ2v) is 3.78. The lowest BCUT2D eigenvalue weighted by atomic mass is 10.7. The van der Waals surface area contributed by atoms with Gasteiger partial charge in [-0.15, -0.1) is 5.10 Å². The minimum Gasteiger partial charge on any atom is -0.362 e. The lowest BCUT2D eigenvalue weighted by Crippen LogP contribution is -2.04. The maximum atomic E-state index is 10.8. The van der Waals surface area contributed by atoms with Crippen LogP contribution in [0.2, 0.25) is 0 Å². The van der Waals surface area contributed by atoms with Crippen molar-refractivity contribution in [3.05, 3.63) is 26.8 Å². The molecule has 2 rings (SSSR count). The molecule has 0 radical (unpaired) electrons. The first kappa shape index (κ1) is 10.7. The average molecular weight is 244 g/mol.